The molecule has 3 rings (SSSR count). The largest absolute Gasteiger partial charge is 0.306 e. The number of benzene rings is 2. The minimum atomic E-state index is -1.35. The summed E-state index contributed by atoms with van der Waals surface area (Å²) in [6, 6.07) is 17.6. The average molecular weight is 356 g/mol. The van der Waals surface area contributed by atoms with Crippen LogP contribution in [0.25, 0.3) is 0 Å². The zero-order chi connectivity index (χ0) is 18.2. The third kappa shape index (κ3) is 3.26. The summed E-state index contributed by atoms with van der Waals surface area (Å²) in [5, 5.41) is 0. The Morgan fingerprint density at radius 2 is 1.64 bits per heavy atom. The van der Waals surface area contributed by atoms with E-state index in [1.807, 2.05) is 82.3 Å². The molecule has 25 heavy (non-hydrogen) atoms. The van der Waals surface area contributed by atoms with Crippen molar-refractivity contribution in [1.29, 1.82) is 0 Å². The molecule has 2 atom stereocenters. The van der Waals surface area contributed by atoms with E-state index in [2.05, 4.69) is 4.72 Å². The molecule has 2 aromatic rings. The zero-order valence-corrected chi connectivity index (χ0v) is 15.9. The second-order valence-electron chi connectivity index (χ2n) is 7.50. The number of hydrogen-bond acceptors (Lipinski definition) is 2. The first kappa shape index (κ1) is 17.8. The quantitative estimate of drug-likeness (QED) is 0.911. The molecule has 0 radical (unpaired) electrons. The number of nitrogens with zero attached hydrogens (tertiary/aromatic N) is 1. The van der Waals surface area contributed by atoms with Crippen LogP contribution in [0.15, 0.2) is 54.6 Å². The molecule has 1 aliphatic rings. The number of nitrogens with one attached hydrogen (secondary N) is 1. The number of carbonyl (C=O) groups is 1. The van der Waals surface area contributed by atoms with E-state index < -0.39 is 21.3 Å². The van der Waals surface area contributed by atoms with Gasteiger partial charge in [-0.1, -0.05) is 48.5 Å². The summed E-state index contributed by atoms with van der Waals surface area (Å²) in [5.74, 6) is -0.0739. The van der Waals surface area contributed by atoms with Crippen LogP contribution in [-0.4, -0.2) is 14.9 Å². The van der Waals surface area contributed by atoms with Gasteiger partial charge in [0.25, 0.3) is 5.91 Å². The third-order valence-electron chi connectivity index (χ3n) is 4.44. The molecule has 5 heteroatoms. The number of fused-ring (bicyclic) bond motifs is 1. The van der Waals surface area contributed by atoms with Crippen LogP contribution in [0.1, 0.15) is 38.8 Å². The van der Waals surface area contributed by atoms with Gasteiger partial charge in [0.05, 0.1) is 22.3 Å². The summed E-state index contributed by atoms with van der Waals surface area (Å²) in [4.78, 5) is 15.1. The number of anilines is 1. The lowest BCUT2D eigenvalue weighted by atomic mass is 9.95. The van der Waals surface area contributed by atoms with E-state index in [-0.39, 0.29) is 5.91 Å². The lowest BCUT2D eigenvalue weighted by Gasteiger charge is -2.29. The van der Waals surface area contributed by atoms with Gasteiger partial charge in [0.15, 0.2) is 0 Å². The van der Waals surface area contributed by atoms with E-state index in [0.717, 1.165) is 16.8 Å². The summed E-state index contributed by atoms with van der Waals surface area (Å²) in [6.45, 7) is 8.00. The highest BCUT2D eigenvalue weighted by Crippen LogP contribution is 2.41. The molecule has 0 saturated heterocycles. The Hall–Kier alpha value is -1.98. The summed E-state index contributed by atoms with van der Waals surface area (Å²) in [5.41, 5.74) is 1.81. The molecule has 1 heterocycles. The van der Waals surface area contributed by atoms with Crippen LogP contribution >= 0.6 is 0 Å². The molecule has 1 aliphatic heterocycles. The molecule has 0 unspecified atom stereocenters. The van der Waals surface area contributed by atoms with Crippen LogP contribution in [0.5, 0.6) is 0 Å². The van der Waals surface area contributed by atoms with E-state index in [1.165, 1.54) is 0 Å². The highest BCUT2D eigenvalue weighted by atomic mass is 32.2. The van der Waals surface area contributed by atoms with Gasteiger partial charge in [-0.2, -0.15) is 0 Å². The monoisotopic (exact) mass is 356 g/mol. The number of amides is 1. The highest BCUT2D eigenvalue weighted by Gasteiger charge is 2.49. The normalized spacial score (nSPS) is 21.3. The topological polar surface area (TPSA) is 49.4 Å². The SMILES string of the molecule is CC(C)(C)[S@@](=O)N[C@@]1(C)C(=O)N(Cc2ccccc2)c2ccccc21. The van der Waals surface area contributed by atoms with Crippen LogP contribution in [-0.2, 0) is 27.9 Å². The zero-order valence-electron chi connectivity index (χ0n) is 15.1. The van der Waals surface area contributed by atoms with Gasteiger partial charge in [-0.25, -0.2) is 8.93 Å². The van der Waals surface area contributed by atoms with Crippen LogP contribution in [0.4, 0.5) is 5.69 Å². The van der Waals surface area contributed by atoms with Gasteiger partial charge < -0.3 is 4.90 Å². The Bertz CT molecular complexity index is 814. The molecule has 0 bridgehead atoms. The van der Waals surface area contributed by atoms with Crippen molar-refractivity contribution in [2.24, 2.45) is 0 Å². The number of carbonyl (C=O) groups excluding carboxylic acids is 1. The fourth-order valence-electron chi connectivity index (χ4n) is 2.99. The first-order valence-corrected chi connectivity index (χ1v) is 9.53. The first-order chi connectivity index (χ1) is 11.7. The van der Waals surface area contributed by atoms with Crippen LogP contribution in [0.3, 0.4) is 0 Å². The summed E-state index contributed by atoms with van der Waals surface area (Å²) in [7, 11) is -1.35. The maximum Gasteiger partial charge on any atom is 0.252 e. The molecular weight excluding hydrogens is 332 g/mol. The predicted octanol–water partition coefficient (Wildman–Crippen LogP) is 3.50. The maximum atomic E-state index is 13.3. The third-order valence-corrected chi connectivity index (χ3v) is 6.15. The molecule has 0 aliphatic carbocycles. The molecule has 132 valence electrons. The molecule has 0 saturated carbocycles. The van der Waals surface area contributed by atoms with Crippen molar-refractivity contribution in [1.82, 2.24) is 4.72 Å². The van der Waals surface area contributed by atoms with Gasteiger partial charge in [0, 0.05) is 11.3 Å². The molecule has 0 fully saturated rings. The minimum absolute atomic E-state index is 0.0739. The first-order valence-electron chi connectivity index (χ1n) is 8.38. The average Bonchev–Trinajstić information content (AvgIpc) is 2.77. The summed E-state index contributed by atoms with van der Waals surface area (Å²) >= 11 is 0. The number of para-hydroxylation sites is 1. The van der Waals surface area contributed by atoms with Gasteiger partial charge in [0.2, 0.25) is 0 Å². The Kier molecular flexibility index (Phi) is 4.56. The van der Waals surface area contributed by atoms with Crippen molar-refractivity contribution in [3.8, 4) is 0 Å². The smallest absolute Gasteiger partial charge is 0.252 e. The van der Waals surface area contributed by atoms with Gasteiger partial charge in [-0.15, -0.1) is 0 Å². The fraction of sp³-hybridized carbons (Fsp3) is 0.350. The van der Waals surface area contributed by atoms with Crippen molar-refractivity contribution in [3.63, 3.8) is 0 Å². The van der Waals surface area contributed by atoms with E-state index in [4.69, 9.17) is 0 Å². The summed E-state index contributed by atoms with van der Waals surface area (Å²) in [6.07, 6.45) is 0. The number of hydrogen-bond donors (Lipinski definition) is 1. The van der Waals surface area contributed by atoms with E-state index >= 15 is 0 Å². The second-order valence-corrected chi connectivity index (χ2v) is 9.47. The van der Waals surface area contributed by atoms with E-state index in [9.17, 15) is 9.00 Å². The van der Waals surface area contributed by atoms with Crippen molar-refractivity contribution in [2.45, 2.75) is 44.5 Å². The van der Waals surface area contributed by atoms with Crippen LogP contribution < -0.4 is 9.62 Å². The van der Waals surface area contributed by atoms with Gasteiger partial charge in [-0.3, -0.25) is 4.79 Å². The molecule has 1 N–H and O–H groups in total. The van der Waals surface area contributed by atoms with E-state index in [1.54, 1.807) is 4.90 Å². The number of rotatable bonds is 4. The van der Waals surface area contributed by atoms with Crippen LogP contribution in [0.2, 0.25) is 0 Å². The molecule has 1 amide bonds. The Balaban J connectivity index is 1.99. The van der Waals surface area contributed by atoms with Gasteiger partial charge >= 0.3 is 0 Å². The lowest BCUT2D eigenvalue weighted by molar-refractivity contribution is -0.123. The summed E-state index contributed by atoms with van der Waals surface area (Å²) < 4.78 is 15.3. The standard InChI is InChI=1S/C20H24N2O2S/c1-19(2,3)25(24)21-20(4)16-12-8-9-13-17(16)22(18(20)23)14-15-10-6-5-7-11-15/h5-13,21H,14H2,1-4H3/t20-,25-/m1/s1. The minimum Gasteiger partial charge on any atom is -0.306 e. The lowest BCUT2D eigenvalue weighted by Crippen LogP contribution is -2.52. The van der Waals surface area contributed by atoms with Crippen molar-refractivity contribution in [3.05, 3.63) is 65.7 Å². The fourth-order valence-corrected chi connectivity index (χ4v) is 3.86. The Labute approximate surface area is 151 Å². The van der Waals surface area contributed by atoms with Crippen molar-refractivity contribution < 1.29 is 9.00 Å². The van der Waals surface area contributed by atoms with Crippen molar-refractivity contribution in [2.75, 3.05) is 4.90 Å². The van der Waals surface area contributed by atoms with Gasteiger partial charge in [0.1, 0.15) is 5.54 Å². The maximum absolute atomic E-state index is 13.3. The van der Waals surface area contributed by atoms with Gasteiger partial charge in [-0.05, 0) is 39.3 Å². The van der Waals surface area contributed by atoms with Crippen molar-refractivity contribution >= 4 is 22.6 Å². The second kappa shape index (κ2) is 6.39. The molecular formula is C20H24N2O2S. The van der Waals surface area contributed by atoms with E-state index in [0.29, 0.717) is 6.54 Å². The molecule has 0 aromatic heterocycles. The molecule has 0 spiro atoms. The Morgan fingerprint density at radius 1 is 1.04 bits per heavy atom. The molecule has 2 aromatic carbocycles. The molecule has 4 nitrogen and oxygen atoms in total. The van der Waals surface area contributed by atoms with Crippen LogP contribution in [0, 0.1) is 0 Å². The Morgan fingerprint density at radius 3 is 2.28 bits per heavy atom. The predicted molar refractivity (Wildman–Crippen MR) is 102 cm³/mol. The highest BCUT2D eigenvalue weighted by molar-refractivity contribution is 7.84.